The second kappa shape index (κ2) is 5.99. The molecule has 6 nitrogen and oxygen atoms in total. The third-order valence-corrected chi connectivity index (χ3v) is 3.18. The second-order valence-corrected chi connectivity index (χ2v) is 4.48. The quantitative estimate of drug-likeness (QED) is 0.859. The van der Waals surface area contributed by atoms with Crippen LogP contribution >= 0.6 is 0 Å². The van der Waals surface area contributed by atoms with Gasteiger partial charge in [0.1, 0.15) is 0 Å². The van der Waals surface area contributed by atoms with Crippen LogP contribution in [0.2, 0.25) is 0 Å². The maximum atomic E-state index is 6.09. The van der Waals surface area contributed by atoms with Crippen LogP contribution in [0.15, 0.2) is 21.3 Å². The molecule has 0 radical (unpaired) electrons. The van der Waals surface area contributed by atoms with Gasteiger partial charge in [0.2, 0.25) is 0 Å². The van der Waals surface area contributed by atoms with Crippen LogP contribution in [0.4, 0.5) is 0 Å². The summed E-state index contributed by atoms with van der Waals surface area (Å²) in [7, 11) is 0. The summed E-state index contributed by atoms with van der Waals surface area (Å²) in [6.07, 6.45) is 1.60. The average molecular weight is 264 g/mol. The third-order valence-electron chi connectivity index (χ3n) is 3.18. The molecule has 1 atom stereocenters. The average Bonchev–Trinajstić information content (AvgIpc) is 3.03. The van der Waals surface area contributed by atoms with Gasteiger partial charge in [0.25, 0.3) is 5.89 Å². The summed E-state index contributed by atoms with van der Waals surface area (Å²) >= 11 is 0. The van der Waals surface area contributed by atoms with Crippen LogP contribution in [-0.4, -0.2) is 34.7 Å². The highest BCUT2D eigenvalue weighted by Gasteiger charge is 2.19. The van der Waals surface area contributed by atoms with Crippen molar-refractivity contribution in [3.63, 3.8) is 0 Å². The topological polar surface area (TPSA) is 81.3 Å². The predicted octanol–water partition coefficient (Wildman–Crippen LogP) is 1.98. The van der Waals surface area contributed by atoms with E-state index < -0.39 is 0 Å². The molecule has 0 saturated heterocycles. The van der Waals surface area contributed by atoms with Gasteiger partial charge in [-0.2, -0.15) is 4.98 Å². The monoisotopic (exact) mass is 264 g/mol. The fraction of sp³-hybridized carbons (Fsp3) is 0.538. The minimum absolute atomic E-state index is 0.257. The predicted molar refractivity (Wildman–Crippen MR) is 71.5 cm³/mol. The van der Waals surface area contributed by atoms with Crippen molar-refractivity contribution in [3.8, 4) is 11.7 Å². The van der Waals surface area contributed by atoms with Crippen molar-refractivity contribution in [2.45, 2.75) is 26.8 Å². The minimum atomic E-state index is -0.257. The van der Waals surface area contributed by atoms with Gasteiger partial charge in [-0.15, -0.1) is 0 Å². The Morgan fingerprint density at radius 3 is 2.68 bits per heavy atom. The summed E-state index contributed by atoms with van der Waals surface area (Å²) in [6, 6.07) is 1.60. The summed E-state index contributed by atoms with van der Waals surface area (Å²) < 4.78 is 10.5. The molecule has 0 bridgehead atoms. The van der Waals surface area contributed by atoms with Crippen molar-refractivity contribution in [3.05, 3.63) is 23.7 Å². The Morgan fingerprint density at radius 1 is 1.37 bits per heavy atom. The normalized spacial score (nSPS) is 13.1. The number of hydrogen-bond acceptors (Lipinski definition) is 6. The van der Waals surface area contributed by atoms with Gasteiger partial charge < -0.3 is 19.6 Å². The molecule has 0 amide bonds. The number of rotatable bonds is 6. The number of aryl methyl sites for hydroxylation is 1. The first-order chi connectivity index (χ1) is 9.15. The zero-order valence-electron chi connectivity index (χ0n) is 11.6. The molecule has 2 rings (SSSR count). The molecular formula is C13H20N4O2. The van der Waals surface area contributed by atoms with Gasteiger partial charge in [0.15, 0.2) is 11.6 Å². The molecular weight excluding hydrogens is 244 g/mol. The molecule has 2 heterocycles. The van der Waals surface area contributed by atoms with Crippen molar-refractivity contribution < 1.29 is 8.94 Å². The molecule has 0 fully saturated rings. The van der Waals surface area contributed by atoms with E-state index in [-0.39, 0.29) is 6.04 Å². The largest absolute Gasteiger partial charge is 0.459 e. The van der Waals surface area contributed by atoms with Crippen LogP contribution in [-0.2, 0) is 0 Å². The first-order valence-corrected chi connectivity index (χ1v) is 6.51. The van der Waals surface area contributed by atoms with E-state index in [9.17, 15) is 0 Å². The van der Waals surface area contributed by atoms with E-state index in [1.807, 2.05) is 13.0 Å². The molecule has 0 spiro atoms. The maximum Gasteiger partial charge on any atom is 0.293 e. The lowest BCUT2D eigenvalue weighted by molar-refractivity contribution is 0.278. The lowest BCUT2D eigenvalue weighted by Crippen LogP contribution is -2.32. The van der Waals surface area contributed by atoms with Crippen LogP contribution < -0.4 is 5.73 Å². The maximum absolute atomic E-state index is 6.09. The van der Waals surface area contributed by atoms with Crippen molar-refractivity contribution >= 4 is 0 Å². The molecule has 0 aromatic carbocycles. The number of furan rings is 1. The molecule has 19 heavy (non-hydrogen) atoms. The Labute approximate surface area is 112 Å². The summed E-state index contributed by atoms with van der Waals surface area (Å²) in [5, 5.41) is 3.94. The fourth-order valence-corrected chi connectivity index (χ4v) is 1.91. The molecule has 6 heteroatoms. The van der Waals surface area contributed by atoms with Crippen LogP contribution in [0.25, 0.3) is 11.7 Å². The van der Waals surface area contributed by atoms with Crippen molar-refractivity contribution in [1.82, 2.24) is 15.0 Å². The molecule has 104 valence electrons. The molecule has 0 aliphatic carbocycles. The Kier molecular flexibility index (Phi) is 4.34. The van der Waals surface area contributed by atoms with Crippen LogP contribution in [0.3, 0.4) is 0 Å². The number of aromatic nitrogens is 2. The highest BCUT2D eigenvalue weighted by molar-refractivity contribution is 5.49. The summed E-state index contributed by atoms with van der Waals surface area (Å²) in [6.45, 7) is 8.74. The first kappa shape index (κ1) is 13.8. The van der Waals surface area contributed by atoms with E-state index in [0.29, 0.717) is 24.0 Å². The SMILES string of the molecule is CCN(CC)CC(N)c1noc(-c2occc2C)n1. The van der Waals surface area contributed by atoms with Crippen LogP contribution in [0.1, 0.15) is 31.3 Å². The van der Waals surface area contributed by atoms with Gasteiger partial charge in [-0.1, -0.05) is 19.0 Å². The lowest BCUT2D eigenvalue weighted by atomic mass is 10.2. The van der Waals surface area contributed by atoms with Gasteiger partial charge in [-0.05, 0) is 26.1 Å². The Balaban J connectivity index is 2.11. The third kappa shape index (κ3) is 3.02. The van der Waals surface area contributed by atoms with Gasteiger partial charge in [0, 0.05) is 12.1 Å². The highest BCUT2D eigenvalue weighted by Crippen LogP contribution is 2.23. The number of nitrogens with zero attached hydrogens (tertiary/aromatic N) is 3. The zero-order valence-corrected chi connectivity index (χ0v) is 11.6. The van der Waals surface area contributed by atoms with E-state index in [1.165, 1.54) is 0 Å². The van der Waals surface area contributed by atoms with E-state index >= 15 is 0 Å². The molecule has 0 aliphatic heterocycles. The number of hydrogen-bond donors (Lipinski definition) is 1. The number of nitrogens with two attached hydrogens (primary N) is 1. The smallest absolute Gasteiger partial charge is 0.293 e. The molecule has 2 N–H and O–H groups in total. The summed E-state index contributed by atoms with van der Waals surface area (Å²) in [4.78, 5) is 6.53. The van der Waals surface area contributed by atoms with E-state index in [0.717, 1.165) is 18.7 Å². The first-order valence-electron chi connectivity index (χ1n) is 6.51. The molecule has 0 aliphatic rings. The van der Waals surface area contributed by atoms with Gasteiger partial charge in [-0.3, -0.25) is 0 Å². The second-order valence-electron chi connectivity index (χ2n) is 4.48. The van der Waals surface area contributed by atoms with Crippen molar-refractivity contribution in [2.24, 2.45) is 5.73 Å². The van der Waals surface area contributed by atoms with Crippen molar-refractivity contribution in [1.29, 1.82) is 0 Å². The van der Waals surface area contributed by atoms with E-state index in [1.54, 1.807) is 6.26 Å². The molecule has 2 aromatic heterocycles. The number of likely N-dealkylation sites (N-methyl/N-ethyl adjacent to an activating group) is 1. The minimum Gasteiger partial charge on any atom is -0.459 e. The summed E-state index contributed by atoms with van der Waals surface area (Å²) in [5.74, 6) is 1.50. The van der Waals surface area contributed by atoms with Gasteiger partial charge in [-0.25, -0.2) is 0 Å². The molecule has 0 saturated carbocycles. The highest BCUT2D eigenvalue weighted by atomic mass is 16.5. The zero-order chi connectivity index (χ0) is 13.8. The Bertz CT molecular complexity index is 516. The summed E-state index contributed by atoms with van der Waals surface area (Å²) in [5.41, 5.74) is 7.06. The van der Waals surface area contributed by atoms with Crippen LogP contribution in [0, 0.1) is 6.92 Å². The Hall–Kier alpha value is -1.66. The fourth-order valence-electron chi connectivity index (χ4n) is 1.91. The Morgan fingerprint density at radius 2 is 2.11 bits per heavy atom. The molecule has 1 unspecified atom stereocenters. The van der Waals surface area contributed by atoms with Gasteiger partial charge >= 0.3 is 0 Å². The van der Waals surface area contributed by atoms with Gasteiger partial charge in [0.05, 0.1) is 12.3 Å². The lowest BCUT2D eigenvalue weighted by Gasteiger charge is -2.20. The van der Waals surface area contributed by atoms with Crippen LogP contribution in [0.5, 0.6) is 0 Å². The molecule has 2 aromatic rings. The standard InChI is InChI=1S/C13H20N4O2/c1-4-17(5-2)8-10(14)12-15-13(19-16-12)11-9(3)6-7-18-11/h6-7,10H,4-5,8,14H2,1-3H3. The van der Waals surface area contributed by atoms with Crippen molar-refractivity contribution in [2.75, 3.05) is 19.6 Å². The van der Waals surface area contributed by atoms with E-state index in [2.05, 4.69) is 28.9 Å². The van der Waals surface area contributed by atoms with E-state index in [4.69, 9.17) is 14.7 Å².